The quantitative estimate of drug-likeness (QED) is 0.278. The van der Waals surface area contributed by atoms with Gasteiger partial charge in [0.2, 0.25) is 5.91 Å². The third-order valence-electron chi connectivity index (χ3n) is 6.30. The number of benzene rings is 2. The number of anilines is 2. The zero-order valence-corrected chi connectivity index (χ0v) is 22.7. The van der Waals surface area contributed by atoms with Gasteiger partial charge in [-0.05, 0) is 32.1 Å². The Morgan fingerprint density at radius 3 is 2.74 bits per heavy atom. The average molecular weight is 548 g/mol. The van der Waals surface area contributed by atoms with Crippen LogP contribution in [0.25, 0.3) is 10.9 Å². The molecule has 2 aromatic carbocycles. The number of aromatic nitrogens is 3. The standard InChI is InChI=1S/C28H29N5O5S/c1-5-26(34)33-13-18(14-33)38-24-11-19-21(12-23(24)36-4)30-16-31-27(19)32-22-10-17(6-7-20(22)28(2,3)35)37-15-25-29-8-9-39-25/h5-12,16,18,35H,1,13-15H2,2-4H3,(H,30,31,32). The molecule has 202 valence electrons. The van der Waals surface area contributed by atoms with Gasteiger partial charge in [0.1, 0.15) is 35.6 Å². The molecule has 2 aromatic heterocycles. The Morgan fingerprint density at radius 2 is 2.05 bits per heavy atom. The van der Waals surface area contributed by atoms with E-state index in [2.05, 4.69) is 26.8 Å². The van der Waals surface area contributed by atoms with Crippen LogP contribution in [0.3, 0.4) is 0 Å². The molecule has 0 atom stereocenters. The Balaban J connectivity index is 1.45. The van der Waals surface area contributed by atoms with E-state index in [1.165, 1.54) is 23.7 Å². The van der Waals surface area contributed by atoms with Gasteiger partial charge in [-0.15, -0.1) is 11.3 Å². The van der Waals surface area contributed by atoms with Gasteiger partial charge in [0, 0.05) is 40.3 Å². The molecule has 1 fully saturated rings. The van der Waals surface area contributed by atoms with Crippen LogP contribution in [-0.2, 0) is 17.0 Å². The van der Waals surface area contributed by atoms with E-state index in [0.717, 1.165) is 5.01 Å². The van der Waals surface area contributed by atoms with Crippen molar-refractivity contribution in [3.63, 3.8) is 0 Å². The number of carbonyl (C=O) groups excluding carboxylic acids is 1. The Kier molecular flexibility index (Phi) is 7.36. The molecule has 2 N–H and O–H groups in total. The first kappa shape index (κ1) is 26.4. The number of rotatable bonds is 10. The number of methoxy groups -OCH3 is 1. The van der Waals surface area contributed by atoms with E-state index in [4.69, 9.17) is 14.2 Å². The van der Waals surface area contributed by atoms with Crippen molar-refractivity contribution in [2.45, 2.75) is 32.2 Å². The van der Waals surface area contributed by atoms with Gasteiger partial charge < -0.3 is 29.5 Å². The summed E-state index contributed by atoms with van der Waals surface area (Å²) in [6.45, 7) is 8.23. The molecule has 0 spiro atoms. The molecule has 11 heteroatoms. The van der Waals surface area contributed by atoms with Crippen molar-refractivity contribution in [1.82, 2.24) is 19.9 Å². The lowest BCUT2D eigenvalue weighted by Crippen LogP contribution is -2.55. The molecule has 0 aliphatic carbocycles. The predicted molar refractivity (Wildman–Crippen MR) is 149 cm³/mol. The number of amides is 1. The second-order valence-corrected chi connectivity index (χ2v) is 10.5. The van der Waals surface area contributed by atoms with E-state index in [1.54, 1.807) is 38.1 Å². The third-order valence-corrected chi connectivity index (χ3v) is 7.05. The summed E-state index contributed by atoms with van der Waals surface area (Å²) in [7, 11) is 1.56. The van der Waals surface area contributed by atoms with Crippen LogP contribution in [0.5, 0.6) is 17.2 Å². The number of hydrogen-bond donors (Lipinski definition) is 2. The number of hydrogen-bond acceptors (Lipinski definition) is 10. The number of fused-ring (bicyclic) bond motifs is 1. The fourth-order valence-electron chi connectivity index (χ4n) is 4.26. The van der Waals surface area contributed by atoms with Crippen LogP contribution in [-0.4, -0.2) is 57.2 Å². The van der Waals surface area contributed by atoms with Gasteiger partial charge in [-0.1, -0.05) is 12.6 Å². The number of nitrogens with one attached hydrogen (secondary N) is 1. The summed E-state index contributed by atoms with van der Waals surface area (Å²) >= 11 is 1.52. The van der Waals surface area contributed by atoms with Crippen molar-refractivity contribution in [3.05, 3.63) is 71.5 Å². The van der Waals surface area contributed by atoms with E-state index in [-0.39, 0.29) is 12.0 Å². The third kappa shape index (κ3) is 5.79. The second-order valence-electron chi connectivity index (χ2n) is 9.54. The highest BCUT2D eigenvalue weighted by Crippen LogP contribution is 2.38. The van der Waals surface area contributed by atoms with Crippen molar-refractivity contribution in [3.8, 4) is 17.2 Å². The first-order valence-electron chi connectivity index (χ1n) is 12.3. The van der Waals surface area contributed by atoms with Gasteiger partial charge in [0.15, 0.2) is 11.5 Å². The number of thiazole rings is 1. The van der Waals surface area contributed by atoms with Crippen molar-refractivity contribution < 1.29 is 24.1 Å². The SMILES string of the molecule is C=CC(=O)N1CC(Oc2cc3c(Nc4cc(OCc5nccs5)ccc4C(C)(C)O)ncnc3cc2OC)C1. The molecule has 1 amide bonds. The highest BCUT2D eigenvalue weighted by Gasteiger charge is 2.32. The summed E-state index contributed by atoms with van der Waals surface area (Å²) in [5.41, 5.74) is 0.821. The number of carbonyl (C=O) groups is 1. The second kappa shape index (κ2) is 10.9. The highest BCUT2D eigenvalue weighted by atomic mass is 32.1. The van der Waals surface area contributed by atoms with Crippen molar-refractivity contribution in [2.75, 3.05) is 25.5 Å². The smallest absolute Gasteiger partial charge is 0.246 e. The van der Waals surface area contributed by atoms with Gasteiger partial charge >= 0.3 is 0 Å². The van der Waals surface area contributed by atoms with Crippen LogP contribution >= 0.6 is 11.3 Å². The number of ether oxygens (including phenoxy) is 3. The largest absolute Gasteiger partial charge is 0.493 e. The zero-order chi connectivity index (χ0) is 27.6. The van der Waals surface area contributed by atoms with E-state index in [9.17, 15) is 9.90 Å². The van der Waals surface area contributed by atoms with Gasteiger partial charge in [-0.2, -0.15) is 0 Å². The summed E-state index contributed by atoms with van der Waals surface area (Å²) in [6.07, 6.45) is 4.32. The van der Waals surface area contributed by atoms with E-state index >= 15 is 0 Å². The van der Waals surface area contributed by atoms with Crippen LogP contribution in [0, 0.1) is 0 Å². The molecule has 1 aliphatic heterocycles. The maximum Gasteiger partial charge on any atom is 0.246 e. The molecule has 0 bridgehead atoms. The molecule has 3 heterocycles. The van der Waals surface area contributed by atoms with Crippen molar-refractivity contribution in [1.29, 1.82) is 0 Å². The van der Waals surface area contributed by atoms with E-state index in [1.807, 2.05) is 29.6 Å². The molecule has 10 nitrogen and oxygen atoms in total. The molecule has 1 aliphatic rings. The minimum Gasteiger partial charge on any atom is -0.493 e. The number of likely N-dealkylation sites (tertiary alicyclic amines) is 1. The topological polar surface area (TPSA) is 119 Å². The van der Waals surface area contributed by atoms with Crippen LogP contribution in [0.15, 0.2) is 60.9 Å². The number of aliphatic hydroxyl groups is 1. The molecular formula is C28H29N5O5S. The van der Waals surface area contributed by atoms with Gasteiger partial charge in [0.05, 0.1) is 31.3 Å². The average Bonchev–Trinajstić information content (AvgIpc) is 3.42. The fraction of sp³-hybridized carbons (Fsp3) is 0.286. The summed E-state index contributed by atoms with van der Waals surface area (Å²) < 4.78 is 17.7. The summed E-state index contributed by atoms with van der Waals surface area (Å²) in [4.78, 5) is 26.6. The maximum absolute atomic E-state index is 11.8. The maximum atomic E-state index is 11.8. The Labute approximate surface area is 229 Å². The molecule has 1 saturated heterocycles. The first-order valence-corrected chi connectivity index (χ1v) is 13.2. The van der Waals surface area contributed by atoms with Gasteiger partial charge in [-0.3, -0.25) is 4.79 Å². The summed E-state index contributed by atoms with van der Waals surface area (Å²) in [6, 6.07) is 9.08. The molecular weight excluding hydrogens is 518 g/mol. The first-order chi connectivity index (χ1) is 18.7. The molecule has 0 radical (unpaired) electrons. The lowest BCUT2D eigenvalue weighted by Gasteiger charge is -2.38. The fourth-order valence-corrected chi connectivity index (χ4v) is 4.79. The molecule has 4 aromatic rings. The van der Waals surface area contributed by atoms with E-state index < -0.39 is 5.60 Å². The minimum atomic E-state index is -1.13. The van der Waals surface area contributed by atoms with Crippen LogP contribution in [0.2, 0.25) is 0 Å². The Morgan fingerprint density at radius 1 is 1.23 bits per heavy atom. The Bertz CT molecular complexity index is 1500. The lowest BCUT2D eigenvalue weighted by atomic mass is 9.96. The molecule has 5 rings (SSSR count). The summed E-state index contributed by atoms with van der Waals surface area (Å²) in [5, 5.41) is 17.7. The van der Waals surface area contributed by atoms with Gasteiger partial charge in [-0.25, -0.2) is 15.0 Å². The minimum absolute atomic E-state index is 0.124. The van der Waals surface area contributed by atoms with E-state index in [0.29, 0.717) is 64.9 Å². The molecule has 0 saturated carbocycles. The molecule has 39 heavy (non-hydrogen) atoms. The van der Waals surface area contributed by atoms with Crippen LogP contribution in [0.4, 0.5) is 11.5 Å². The van der Waals surface area contributed by atoms with Crippen molar-refractivity contribution in [2.24, 2.45) is 0 Å². The van der Waals surface area contributed by atoms with Crippen molar-refractivity contribution >= 4 is 39.7 Å². The van der Waals surface area contributed by atoms with Gasteiger partial charge in [0.25, 0.3) is 0 Å². The normalized spacial score (nSPS) is 13.6. The molecule has 0 unspecified atom stereocenters. The number of nitrogens with zero attached hydrogens (tertiary/aromatic N) is 4. The van der Waals surface area contributed by atoms with Crippen LogP contribution < -0.4 is 19.5 Å². The zero-order valence-electron chi connectivity index (χ0n) is 21.9. The monoisotopic (exact) mass is 547 g/mol. The van der Waals surface area contributed by atoms with Crippen LogP contribution in [0.1, 0.15) is 24.4 Å². The lowest BCUT2D eigenvalue weighted by molar-refractivity contribution is -0.134. The highest BCUT2D eigenvalue weighted by molar-refractivity contribution is 7.09. The predicted octanol–water partition coefficient (Wildman–Crippen LogP) is 4.42. The summed E-state index contributed by atoms with van der Waals surface area (Å²) in [5.74, 6) is 2.05. The Hall–Kier alpha value is -4.22.